The zero-order valence-electron chi connectivity index (χ0n) is 19.3. The molecule has 0 heterocycles. The van der Waals surface area contributed by atoms with Crippen molar-refractivity contribution in [3.05, 3.63) is 69.8 Å². The highest BCUT2D eigenvalue weighted by molar-refractivity contribution is 5.86. The molecule has 2 unspecified atom stereocenters. The summed E-state index contributed by atoms with van der Waals surface area (Å²) < 4.78 is 5.40. The van der Waals surface area contributed by atoms with Crippen LogP contribution < -0.4 is 0 Å². The maximum absolute atomic E-state index is 12.8. The van der Waals surface area contributed by atoms with Gasteiger partial charge in [0.15, 0.2) is 0 Å². The van der Waals surface area contributed by atoms with Gasteiger partial charge in [0.2, 0.25) is 0 Å². The summed E-state index contributed by atoms with van der Waals surface area (Å²) in [7, 11) is 0. The van der Waals surface area contributed by atoms with Crippen LogP contribution >= 0.6 is 0 Å². The predicted molar refractivity (Wildman–Crippen MR) is 123 cm³/mol. The Hall–Kier alpha value is -2.42. The minimum atomic E-state index is -0.366. The minimum Gasteiger partial charge on any atom is -0.393 e. The normalized spacial score (nSPS) is 24.0. The first-order chi connectivity index (χ1) is 14.8. The van der Waals surface area contributed by atoms with Gasteiger partial charge in [0.25, 0.3) is 0 Å². The van der Waals surface area contributed by atoms with E-state index in [1.54, 1.807) is 0 Å². The summed E-state index contributed by atoms with van der Waals surface area (Å²) in [5, 5.41) is 0. The number of esters is 2. The molecule has 2 aliphatic carbocycles. The number of aryl methyl sites for hydroxylation is 2. The Morgan fingerprint density at radius 3 is 2.06 bits per heavy atom. The molecule has 2 aliphatic rings. The lowest BCUT2D eigenvalue weighted by atomic mass is 9.78. The molecule has 0 spiro atoms. The molecule has 3 heteroatoms. The van der Waals surface area contributed by atoms with Crippen LogP contribution in [0.3, 0.4) is 0 Å². The maximum Gasteiger partial charge on any atom is 0.314 e. The molecular weight excluding hydrogens is 384 g/mol. The molecule has 3 nitrogen and oxygen atoms in total. The fraction of sp³-hybridized carbons (Fsp3) is 0.500. The summed E-state index contributed by atoms with van der Waals surface area (Å²) in [6.07, 6.45) is 5.96. The molecule has 0 saturated carbocycles. The molecule has 31 heavy (non-hydrogen) atoms. The maximum atomic E-state index is 12.8. The lowest BCUT2D eigenvalue weighted by Crippen LogP contribution is -2.30. The topological polar surface area (TPSA) is 43.4 Å². The van der Waals surface area contributed by atoms with Crippen LogP contribution in [0.25, 0.3) is 0 Å². The van der Waals surface area contributed by atoms with E-state index in [4.69, 9.17) is 4.74 Å². The largest absolute Gasteiger partial charge is 0.393 e. The Balaban J connectivity index is 1.39. The Labute approximate surface area is 186 Å². The molecule has 0 fully saturated rings. The fourth-order valence-corrected chi connectivity index (χ4v) is 5.80. The van der Waals surface area contributed by atoms with Crippen LogP contribution in [0.15, 0.2) is 36.4 Å². The van der Waals surface area contributed by atoms with Crippen molar-refractivity contribution in [2.75, 3.05) is 0 Å². The van der Waals surface area contributed by atoms with E-state index in [-0.39, 0.29) is 22.8 Å². The SMILES string of the molecule is CCC1(CC(=O)OC(=O)CC2(CC)Cc3cccc(C)c3C2)Cc2ccc(C)cc2C1. The van der Waals surface area contributed by atoms with Gasteiger partial charge in [-0.3, -0.25) is 9.59 Å². The van der Waals surface area contributed by atoms with Crippen molar-refractivity contribution in [2.24, 2.45) is 10.8 Å². The van der Waals surface area contributed by atoms with Gasteiger partial charge >= 0.3 is 11.9 Å². The molecule has 2 atom stereocenters. The van der Waals surface area contributed by atoms with Gasteiger partial charge in [0.05, 0.1) is 12.8 Å². The van der Waals surface area contributed by atoms with E-state index in [0.29, 0.717) is 12.8 Å². The second kappa shape index (κ2) is 8.26. The highest BCUT2D eigenvalue weighted by Gasteiger charge is 2.41. The van der Waals surface area contributed by atoms with Crippen molar-refractivity contribution in [1.82, 2.24) is 0 Å². The van der Waals surface area contributed by atoms with Crippen LogP contribution in [0, 0.1) is 24.7 Å². The monoisotopic (exact) mass is 418 g/mol. The number of rotatable bonds is 6. The van der Waals surface area contributed by atoms with Crippen molar-refractivity contribution < 1.29 is 14.3 Å². The van der Waals surface area contributed by atoms with Gasteiger partial charge in [-0.15, -0.1) is 0 Å². The summed E-state index contributed by atoms with van der Waals surface area (Å²) in [5.41, 5.74) is 7.66. The quantitative estimate of drug-likeness (QED) is 0.437. The van der Waals surface area contributed by atoms with Crippen LogP contribution in [0.2, 0.25) is 0 Å². The average molecular weight is 419 g/mol. The van der Waals surface area contributed by atoms with Gasteiger partial charge in [0, 0.05) is 0 Å². The van der Waals surface area contributed by atoms with E-state index in [1.807, 2.05) is 0 Å². The van der Waals surface area contributed by atoms with E-state index in [1.165, 1.54) is 33.4 Å². The molecule has 4 rings (SSSR count). The molecule has 0 saturated heterocycles. The van der Waals surface area contributed by atoms with Crippen molar-refractivity contribution in [3.63, 3.8) is 0 Å². The van der Waals surface area contributed by atoms with Crippen molar-refractivity contribution in [2.45, 2.75) is 79.1 Å². The number of carbonyl (C=O) groups excluding carboxylic acids is 2. The van der Waals surface area contributed by atoms with E-state index in [0.717, 1.165) is 38.5 Å². The summed E-state index contributed by atoms with van der Waals surface area (Å²) in [6, 6.07) is 12.9. The average Bonchev–Trinajstić information content (AvgIpc) is 3.26. The summed E-state index contributed by atoms with van der Waals surface area (Å²) in [5.74, 6) is -0.732. The molecule has 0 radical (unpaired) electrons. The first-order valence-electron chi connectivity index (χ1n) is 11.7. The second-order valence-corrected chi connectivity index (χ2v) is 10.1. The van der Waals surface area contributed by atoms with E-state index in [2.05, 4.69) is 64.1 Å². The molecular formula is C28H34O3. The smallest absolute Gasteiger partial charge is 0.314 e. The number of carbonyl (C=O) groups is 2. The number of fused-ring (bicyclic) bond motifs is 2. The Morgan fingerprint density at radius 2 is 1.42 bits per heavy atom. The standard InChI is InChI=1S/C28H34O3/c1-5-27(13-21-11-10-19(3)12-23(21)15-27)17-25(29)31-26(30)18-28(6-2)14-22-9-7-8-20(4)24(22)16-28/h7-12H,5-6,13-18H2,1-4H3. The highest BCUT2D eigenvalue weighted by Crippen LogP contribution is 2.45. The van der Waals surface area contributed by atoms with Gasteiger partial charge in [-0.05, 0) is 91.0 Å². The van der Waals surface area contributed by atoms with E-state index >= 15 is 0 Å². The van der Waals surface area contributed by atoms with Gasteiger partial charge in [0.1, 0.15) is 0 Å². The van der Waals surface area contributed by atoms with Crippen LogP contribution in [0.4, 0.5) is 0 Å². The van der Waals surface area contributed by atoms with Gasteiger partial charge < -0.3 is 4.74 Å². The Morgan fingerprint density at radius 1 is 0.806 bits per heavy atom. The first-order valence-corrected chi connectivity index (χ1v) is 11.7. The van der Waals surface area contributed by atoms with E-state index < -0.39 is 0 Å². The van der Waals surface area contributed by atoms with E-state index in [9.17, 15) is 9.59 Å². The number of hydrogen-bond donors (Lipinski definition) is 0. The molecule has 2 aromatic rings. The third-order valence-corrected chi connectivity index (χ3v) is 7.88. The molecule has 0 amide bonds. The molecule has 0 N–H and O–H groups in total. The molecule has 0 aliphatic heterocycles. The van der Waals surface area contributed by atoms with Crippen LogP contribution in [0.5, 0.6) is 0 Å². The zero-order chi connectivity index (χ0) is 22.2. The minimum absolute atomic E-state index is 0.128. The number of hydrogen-bond acceptors (Lipinski definition) is 3. The Bertz CT molecular complexity index is 1020. The number of ether oxygens (including phenoxy) is 1. The second-order valence-electron chi connectivity index (χ2n) is 10.1. The lowest BCUT2D eigenvalue weighted by molar-refractivity contribution is -0.162. The van der Waals surface area contributed by atoms with Crippen LogP contribution in [-0.2, 0) is 40.0 Å². The third-order valence-electron chi connectivity index (χ3n) is 7.88. The first kappa shape index (κ1) is 21.8. The summed E-state index contributed by atoms with van der Waals surface area (Å²) >= 11 is 0. The molecule has 0 aromatic heterocycles. The molecule has 2 aromatic carbocycles. The molecule has 164 valence electrons. The highest BCUT2D eigenvalue weighted by atomic mass is 16.6. The van der Waals surface area contributed by atoms with Gasteiger partial charge in [-0.2, -0.15) is 0 Å². The van der Waals surface area contributed by atoms with Gasteiger partial charge in [-0.1, -0.05) is 55.8 Å². The summed E-state index contributed by atoms with van der Waals surface area (Å²) in [4.78, 5) is 25.6. The lowest BCUT2D eigenvalue weighted by Gasteiger charge is -2.28. The molecule has 0 bridgehead atoms. The van der Waals surface area contributed by atoms with Crippen LogP contribution in [0.1, 0.15) is 72.9 Å². The van der Waals surface area contributed by atoms with Crippen molar-refractivity contribution in [1.29, 1.82) is 0 Å². The third kappa shape index (κ3) is 4.33. The van der Waals surface area contributed by atoms with Crippen molar-refractivity contribution >= 4 is 11.9 Å². The Kier molecular flexibility index (Phi) is 5.81. The van der Waals surface area contributed by atoms with Gasteiger partial charge in [-0.25, -0.2) is 0 Å². The zero-order valence-corrected chi connectivity index (χ0v) is 19.3. The predicted octanol–water partition coefficient (Wildman–Crippen LogP) is 5.84. The fourth-order valence-electron chi connectivity index (χ4n) is 5.80. The van der Waals surface area contributed by atoms with Crippen molar-refractivity contribution in [3.8, 4) is 0 Å². The summed E-state index contributed by atoms with van der Waals surface area (Å²) in [6.45, 7) is 8.52. The van der Waals surface area contributed by atoms with Crippen LogP contribution in [-0.4, -0.2) is 11.9 Å². The number of benzene rings is 2.